The van der Waals surface area contributed by atoms with E-state index in [0.29, 0.717) is 10.9 Å². The zero-order valence-electron chi connectivity index (χ0n) is 14.8. The number of carbonyl (C=O) groups is 1. The van der Waals surface area contributed by atoms with Gasteiger partial charge in [0.2, 0.25) is 5.89 Å². The minimum absolute atomic E-state index is 0.0267. The number of fused-ring (bicyclic) bond motifs is 1. The third kappa shape index (κ3) is 3.61. The number of phenols is 1. The van der Waals surface area contributed by atoms with Gasteiger partial charge in [-0.25, -0.2) is 4.79 Å². The Morgan fingerprint density at radius 3 is 2.59 bits per heavy atom. The number of non-ortho nitro benzene ring substituents is 1. The van der Waals surface area contributed by atoms with Crippen molar-refractivity contribution in [3.63, 3.8) is 0 Å². The van der Waals surface area contributed by atoms with Crippen molar-refractivity contribution in [2.24, 2.45) is 0 Å². The molecular weight excluding hydrogens is 378 g/mol. The molecule has 4 aromatic rings. The molecule has 29 heavy (non-hydrogen) atoms. The summed E-state index contributed by atoms with van der Waals surface area (Å²) in [6, 6.07) is 15.9. The van der Waals surface area contributed by atoms with Gasteiger partial charge in [0.1, 0.15) is 11.3 Å². The van der Waals surface area contributed by atoms with E-state index in [1.54, 1.807) is 18.2 Å². The molecule has 144 valence electrons. The summed E-state index contributed by atoms with van der Waals surface area (Å²) in [4.78, 5) is 22.5. The van der Waals surface area contributed by atoms with Crippen LogP contribution in [0.2, 0.25) is 0 Å². The van der Waals surface area contributed by atoms with Gasteiger partial charge in [-0.15, -0.1) is 10.2 Å². The largest absolute Gasteiger partial charge is 0.506 e. The average molecular weight is 391 g/mol. The lowest BCUT2D eigenvalue weighted by molar-refractivity contribution is -0.384. The Morgan fingerprint density at radius 1 is 1.07 bits per heavy atom. The molecule has 0 aliphatic rings. The highest BCUT2D eigenvalue weighted by molar-refractivity contribution is 6.01. The van der Waals surface area contributed by atoms with Crippen LogP contribution in [0.3, 0.4) is 0 Å². The van der Waals surface area contributed by atoms with Crippen LogP contribution in [0.25, 0.3) is 22.2 Å². The standard InChI is InChI=1S/C20H13N3O6/c24-18-15-4-2-1-3-12(15)7-10-16(18)20(25)28-11-17-21-22-19(29-17)13-5-8-14(9-6-13)23(26)27/h1-10,24H,11H2. The first-order valence-electron chi connectivity index (χ1n) is 8.48. The van der Waals surface area contributed by atoms with Gasteiger partial charge < -0.3 is 14.3 Å². The number of benzene rings is 3. The molecule has 1 aromatic heterocycles. The summed E-state index contributed by atoms with van der Waals surface area (Å²) >= 11 is 0. The first-order valence-corrected chi connectivity index (χ1v) is 8.48. The fraction of sp³-hybridized carbons (Fsp3) is 0.0500. The maximum Gasteiger partial charge on any atom is 0.342 e. The van der Waals surface area contributed by atoms with Crippen LogP contribution in [-0.4, -0.2) is 26.2 Å². The van der Waals surface area contributed by atoms with Crippen molar-refractivity contribution in [3.8, 4) is 17.2 Å². The number of ether oxygens (including phenoxy) is 1. The summed E-state index contributed by atoms with van der Waals surface area (Å²) in [6.45, 7) is -0.287. The Kier molecular flexibility index (Phi) is 4.62. The normalized spacial score (nSPS) is 10.8. The highest BCUT2D eigenvalue weighted by atomic mass is 16.6. The Bertz CT molecular complexity index is 1220. The molecule has 0 spiro atoms. The summed E-state index contributed by atoms with van der Waals surface area (Å²) in [5.41, 5.74) is 0.462. The fourth-order valence-electron chi connectivity index (χ4n) is 2.78. The predicted octanol–water partition coefficient (Wildman–Crippen LogP) is 3.86. The summed E-state index contributed by atoms with van der Waals surface area (Å²) in [7, 11) is 0. The number of carbonyl (C=O) groups excluding carboxylic acids is 1. The second kappa shape index (κ2) is 7.39. The molecule has 0 saturated carbocycles. The zero-order valence-corrected chi connectivity index (χ0v) is 14.8. The van der Waals surface area contributed by atoms with Crippen LogP contribution in [-0.2, 0) is 11.3 Å². The fourth-order valence-corrected chi connectivity index (χ4v) is 2.78. The number of esters is 1. The van der Waals surface area contributed by atoms with Gasteiger partial charge in [-0.1, -0.05) is 30.3 Å². The topological polar surface area (TPSA) is 129 Å². The average Bonchev–Trinajstić information content (AvgIpc) is 3.21. The number of nitrogens with zero attached hydrogens (tertiary/aromatic N) is 3. The maximum absolute atomic E-state index is 12.3. The lowest BCUT2D eigenvalue weighted by Gasteiger charge is -2.07. The van der Waals surface area contributed by atoms with E-state index in [1.165, 1.54) is 30.3 Å². The van der Waals surface area contributed by atoms with Gasteiger partial charge >= 0.3 is 5.97 Å². The predicted molar refractivity (Wildman–Crippen MR) is 101 cm³/mol. The molecule has 0 fully saturated rings. The van der Waals surface area contributed by atoms with Crippen molar-refractivity contribution in [1.82, 2.24) is 10.2 Å². The van der Waals surface area contributed by atoms with E-state index in [0.717, 1.165) is 5.39 Å². The second-order valence-corrected chi connectivity index (χ2v) is 6.06. The van der Waals surface area contributed by atoms with Gasteiger partial charge in [0.15, 0.2) is 6.61 Å². The monoisotopic (exact) mass is 391 g/mol. The number of aromatic hydroxyl groups is 1. The minimum atomic E-state index is -0.733. The lowest BCUT2D eigenvalue weighted by Crippen LogP contribution is -2.06. The molecule has 0 atom stereocenters. The van der Waals surface area contributed by atoms with E-state index >= 15 is 0 Å². The summed E-state index contributed by atoms with van der Waals surface area (Å²) < 4.78 is 10.6. The first-order chi connectivity index (χ1) is 14.0. The molecule has 3 aromatic carbocycles. The number of aromatic nitrogens is 2. The van der Waals surface area contributed by atoms with Gasteiger partial charge in [0.05, 0.1) is 4.92 Å². The Hall–Kier alpha value is -4.27. The van der Waals surface area contributed by atoms with Crippen molar-refractivity contribution < 1.29 is 24.0 Å². The van der Waals surface area contributed by atoms with Crippen LogP contribution >= 0.6 is 0 Å². The van der Waals surface area contributed by atoms with E-state index < -0.39 is 10.9 Å². The SMILES string of the molecule is O=C(OCc1nnc(-c2ccc([N+](=O)[O-])cc2)o1)c1ccc2ccccc2c1O. The third-order valence-corrected chi connectivity index (χ3v) is 4.24. The van der Waals surface area contributed by atoms with Gasteiger partial charge in [-0.05, 0) is 23.6 Å². The molecule has 9 nitrogen and oxygen atoms in total. The Labute approximate surface area is 163 Å². The molecule has 0 amide bonds. The molecule has 0 saturated heterocycles. The third-order valence-electron chi connectivity index (χ3n) is 4.24. The van der Waals surface area contributed by atoms with Crippen LogP contribution < -0.4 is 0 Å². The zero-order chi connectivity index (χ0) is 20.4. The molecule has 1 heterocycles. The van der Waals surface area contributed by atoms with Gasteiger partial charge in [-0.2, -0.15) is 0 Å². The molecule has 0 aliphatic heterocycles. The molecule has 1 N–H and O–H groups in total. The maximum atomic E-state index is 12.3. The second-order valence-electron chi connectivity index (χ2n) is 6.06. The molecule has 4 rings (SSSR count). The molecule has 0 radical (unpaired) electrons. The molecular formula is C20H13N3O6. The van der Waals surface area contributed by atoms with E-state index in [9.17, 15) is 20.0 Å². The van der Waals surface area contributed by atoms with E-state index in [1.807, 2.05) is 12.1 Å². The summed E-state index contributed by atoms with van der Waals surface area (Å²) in [6.07, 6.45) is 0. The van der Waals surface area contributed by atoms with Crippen molar-refractivity contribution in [2.45, 2.75) is 6.61 Å². The van der Waals surface area contributed by atoms with Crippen LogP contribution in [0.1, 0.15) is 16.2 Å². The smallest absolute Gasteiger partial charge is 0.342 e. The molecule has 0 aliphatic carbocycles. The molecule has 0 bridgehead atoms. The van der Waals surface area contributed by atoms with E-state index in [4.69, 9.17) is 9.15 Å². The molecule has 0 unspecified atom stereocenters. The number of phenolic OH excluding ortho intramolecular Hbond substituents is 1. The van der Waals surface area contributed by atoms with Gasteiger partial charge in [-0.3, -0.25) is 10.1 Å². The van der Waals surface area contributed by atoms with Crippen LogP contribution in [0.4, 0.5) is 5.69 Å². The number of rotatable bonds is 5. The van der Waals surface area contributed by atoms with Crippen molar-refractivity contribution in [2.75, 3.05) is 0 Å². The highest BCUT2D eigenvalue weighted by Crippen LogP contribution is 2.29. The van der Waals surface area contributed by atoms with Gasteiger partial charge in [0.25, 0.3) is 11.6 Å². The van der Waals surface area contributed by atoms with Crippen LogP contribution in [0, 0.1) is 10.1 Å². The Morgan fingerprint density at radius 2 is 1.83 bits per heavy atom. The number of nitro benzene ring substituents is 1. The summed E-state index contributed by atoms with van der Waals surface area (Å²) in [5.74, 6) is -0.708. The summed E-state index contributed by atoms with van der Waals surface area (Å²) in [5, 5.41) is 30.0. The van der Waals surface area contributed by atoms with Crippen LogP contribution in [0.15, 0.2) is 65.1 Å². The Balaban J connectivity index is 1.46. The first kappa shape index (κ1) is 18.1. The van der Waals surface area contributed by atoms with Crippen molar-refractivity contribution >= 4 is 22.4 Å². The van der Waals surface area contributed by atoms with Crippen molar-refractivity contribution in [1.29, 1.82) is 0 Å². The quantitative estimate of drug-likeness (QED) is 0.308. The van der Waals surface area contributed by atoms with Crippen LogP contribution in [0.5, 0.6) is 5.75 Å². The van der Waals surface area contributed by atoms with Crippen molar-refractivity contribution in [3.05, 3.63) is 82.2 Å². The molecule has 9 heteroatoms. The number of hydrogen-bond donors (Lipinski definition) is 1. The number of hydrogen-bond acceptors (Lipinski definition) is 8. The van der Waals surface area contributed by atoms with Gasteiger partial charge in [0, 0.05) is 23.1 Å². The van der Waals surface area contributed by atoms with E-state index in [-0.39, 0.29) is 35.4 Å². The van der Waals surface area contributed by atoms with E-state index in [2.05, 4.69) is 10.2 Å². The highest BCUT2D eigenvalue weighted by Gasteiger charge is 2.17. The number of nitro groups is 1. The minimum Gasteiger partial charge on any atom is -0.506 e. The lowest BCUT2D eigenvalue weighted by atomic mass is 10.1.